The Morgan fingerprint density at radius 3 is 2.56 bits per heavy atom. The van der Waals surface area contributed by atoms with Crippen molar-refractivity contribution in [3.8, 4) is 0 Å². The van der Waals surface area contributed by atoms with Crippen molar-refractivity contribution in [1.82, 2.24) is 5.16 Å². The molecule has 6 nitrogen and oxygen atoms in total. The van der Waals surface area contributed by atoms with Gasteiger partial charge in [0.25, 0.3) is 0 Å². The monoisotopic (exact) mass is 245 g/mol. The van der Waals surface area contributed by atoms with E-state index in [1.807, 2.05) is 0 Å². The van der Waals surface area contributed by atoms with Crippen molar-refractivity contribution in [3.05, 3.63) is 17.5 Å². The average molecular weight is 245 g/mol. The fourth-order valence-corrected chi connectivity index (χ4v) is 3.25. The molecule has 0 unspecified atom stereocenters. The average Bonchev–Trinajstić information content (AvgIpc) is 2.66. The van der Waals surface area contributed by atoms with Gasteiger partial charge in [0.2, 0.25) is 0 Å². The molecule has 1 aliphatic heterocycles. The van der Waals surface area contributed by atoms with Crippen LogP contribution in [0.2, 0.25) is 0 Å². The van der Waals surface area contributed by atoms with Gasteiger partial charge in [-0.1, -0.05) is 5.16 Å². The standard InChI is InChI=1S/C9H11NO5S/c11-9(12)7-5-8(15-10-7)6-1-3-16(13,14)4-2-6/h5-6H,1-4H2,(H,11,12). The van der Waals surface area contributed by atoms with Gasteiger partial charge in [-0.3, -0.25) is 0 Å². The molecule has 0 aliphatic carbocycles. The number of carboxylic acid groups (broad SMARTS) is 1. The fourth-order valence-electron chi connectivity index (χ4n) is 1.76. The molecule has 88 valence electrons. The van der Waals surface area contributed by atoms with E-state index in [1.165, 1.54) is 6.07 Å². The molecule has 1 saturated heterocycles. The normalized spacial score (nSPS) is 20.8. The molecule has 1 aromatic rings. The molecule has 7 heteroatoms. The Morgan fingerprint density at radius 2 is 2.06 bits per heavy atom. The molecule has 1 aromatic heterocycles. The molecule has 1 aliphatic rings. The Kier molecular flexibility index (Phi) is 2.71. The summed E-state index contributed by atoms with van der Waals surface area (Å²) in [6.07, 6.45) is 0.938. The molecule has 0 amide bonds. The van der Waals surface area contributed by atoms with E-state index in [0.717, 1.165) is 0 Å². The highest BCUT2D eigenvalue weighted by Crippen LogP contribution is 2.29. The van der Waals surface area contributed by atoms with E-state index in [1.54, 1.807) is 0 Å². The lowest BCUT2D eigenvalue weighted by molar-refractivity contribution is 0.0685. The minimum absolute atomic E-state index is 0.0378. The van der Waals surface area contributed by atoms with E-state index < -0.39 is 15.8 Å². The number of aromatic carboxylic acids is 1. The third-order valence-electron chi connectivity index (χ3n) is 2.70. The van der Waals surface area contributed by atoms with E-state index in [-0.39, 0.29) is 23.1 Å². The van der Waals surface area contributed by atoms with Gasteiger partial charge in [0.15, 0.2) is 5.69 Å². The van der Waals surface area contributed by atoms with Gasteiger partial charge in [-0.2, -0.15) is 0 Å². The van der Waals surface area contributed by atoms with Gasteiger partial charge in [-0.25, -0.2) is 13.2 Å². The largest absolute Gasteiger partial charge is 0.476 e. The fraction of sp³-hybridized carbons (Fsp3) is 0.556. The van der Waals surface area contributed by atoms with E-state index in [2.05, 4.69) is 5.16 Å². The minimum Gasteiger partial charge on any atom is -0.476 e. The highest BCUT2D eigenvalue weighted by Gasteiger charge is 2.27. The second kappa shape index (κ2) is 3.89. The van der Waals surface area contributed by atoms with Crippen LogP contribution in [0.15, 0.2) is 10.6 Å². The van der Waals surface area contributed by atoms with Crippen molar-refractivity contribution in [1.29, 1.82) is 0 Å². The number of carbonyl (C=O) groups is 1. The Morgan fingerprint density at radius 1 is 1.44 bits per heavy atom. The number of carboxylic acids is 1. The highest BCUT2D eigenvalue weighted by molar-refractivity contribution is 7.91. The van der Waals surface area contributed by atoms with Crippen LogP contribution in [0.5, 0.6) is 0 Å². The van der Waals surface area contributed by atoms with Crippen molar-refractivity contribution < 1.29 is 22.8 Å². The van der Waals surface area contributed by atoms with E-state index >= 15 is 0 Å². The molecule has 0 saturated carbocycles. The summed E-state index contributed by atoms with van der Waals surface area (Å²) in [5.74, 6) is -0.462. The Bertz CT molecular complexity index is 490. The molecule has 1 N–H and O–H groups in total. The van der Waals surface area contributed by atoms with Crippen LogP contribution < -0.4 is 0 Å². The van der Waals surface area contributed by atoms with Crippen LogP contribution in [0.3, 0.4) is 0 Å². The lowest BCUT2D eigenvalue weighted by Crippen LogP contribution is -2.21. The predicted octanol–water partition coefficient (Wildman–Crippen LogP) is 0.665. The zero-order valence-electron chi connectivity index (χ0n) is 8.42. The first-order valence-corrected chi connectivity index (χ1v) is 6.70. The maximum atomic E-state index is 11.2. The molecule has 0 aromatic carbocycles. The summed E-state index contributed by atoms with van der Waals surface area (Å²) >= 11 is 0. The number of sulfone groups is 1. The third-order valence-corrected chi connectivity index (χ3v) is 4.42. The maximum Gasteiger partial charge on any atom is 0.358 e. The molecule has 1 fully saturated rings. The summed E-state index contributed by atoms with van der Waals surface area (Å²) in [4.78, 5) is 10.6. The summed E-state index contributed by atoms with van der Waals surface area (Å²) in [6.45, 7) is 0. The molecule has 2 rings (SSSR count). The first-order chi connectivity index (χ1) is 7.48. The van der Waals surface area contributed by atoms with Crippen LogP contribution in [-0.4, -0.2) is 36.2 Å². The Hall–Kier alpha value is -1.37. The van der Waals surface area contributed by atoms with Crippen LogP contribution in [-0.2, 0) is 9.84 Å². The molecule has 0 atom stereocenters. The minimum atomic E-state index is -2.91. The highest BCUT2D eigenvalue weighted by atomic mass is 32.2. The van der Waals surface area contributed by atoms with Crippen molar-refractivity contribution in [2.24, 2.45) is 0 Å². The SMILES string of the molecule is O=C(O)c1cc(C2CCS(=O)(=O)CC2)on1. The maximum absolute atomic E-state index is 11.2. The predicted molar refractivity (Wildman–Crippen MR) is 54.1 cm³/mol. The van der Waals surface area contributed by atoms with E-state index in [9.17, 15) is 13.2 Å². The number of nitrogens with zero attached hydrogens (tertiary/aromatic N) is 1. The van der Waals surface area contributed by atoms with E-state index in [4.69, 9.17) is 9.63 Å². The number of rotatable bonds is 2. The van der Waals surface area contributed by atoms with Crippen molar-refractivity contribution >= 4 is 15.8 Å². The first kappa shape index (κ1) is 11.1. The van der Waals surface area contributed by atoms with Gasteiger partial charge in [0.1, 0.15) is 15.6 Å². The second-order valence-electron chi connectivity index (χ2n) is 3.85. The Balaban J connectivity index is 2.11. The first-order valence-electron chi connectivity index (χ1n) is 4.88. The van der Waals surface area contributed by atoms with Gasteiger partial charge in [-0.05, 0) is 12.8 Å². The third kappa shape index (κ3) is 2.24. The quantitative estimate of drug-likeness (QED) is 0.822. The molecule has 0 bridgehead atoms. The van der Waals surface area contributed by atoms with Crippen LogP contribution in [0, 0.1) is 0 Å². The summed E-state index contributed by atoms with van der Waals surface area (Å²) < 4.78 is 27.3. The van der Waals surface area contributed by atoms with Gasteiger partial charge in [-0.15, -0.1) is 0 Å². The summed E-state index contributed by atoms with van der Waals surface area (Å²) in [5, 5.41) is 12.1. The van der Waals surface area contributed by atoms with Crippen LogP contribution >= 0.6 is 0 Å². The lowest BCUT2D eigenvalue weighted by Gasteiger charge is -2.18. The summed E-state index contributed by atoms with van der Waals surface area (Å²) in [6, 6.07) is 1.37. The van der Waals surface area contributed by atoms with Crippen molar-refractivity contribution in [3.63, 3.8) is 0 Å². The number of hydrogen-bond donors (Lipinski definition) is 1. The molecular weight excluding hydrogens is 234 g/mol. The van der Waals surface area contributed by atoms with Crippen molar-refractivity contribution in [2.45, 2.75) is 18.8 Å². The van der Waals surface area contributed by atoms with E-state index in [0.29, 0.717) is 18.6 Å². The van der Waals surface area contributed by atoms with Crippen molar-refractivity contribution in [2.75, 3.05) is 11.5 Å². The van der Waals surface area contributed by atoms with Crippen LogP contribution in [0.1, 0.15) is 35.0 Å². The second-order valence-corrected chi connectivity index (χ2v) is 6.15. The molecular formula is C9H11NO5S. The van der Waals surface area contributed by atoms with Crippen LogP contribution in [0.4, 0.5) is 0 Å². The zero-order valence-corrected chi connectivity index (χ0v) is 9.24. The van der Waals surface area contributed by atoms with Crippen LogP contribution in [0.25, 0.3) is 0 Å². The zero-order chi connectivity index (χ0) is 11.8. The molecule has 0 radical (unpaired) electrons. The summed E-state index contributed by atoms with van der Waals surface area (Å²) in [7, 11) is -2.91. The smallest absolute Gasteiger partial charge is 0.358 e. The van der Waals surface area contributed by atoms with Gasteiger partial charge in [0.05, 0.1) is 11.5 Å². The summed E-state index contributed by atoms with van der Waals surface area (Å²) in [5.41, 5.74) is -0.136. The number of aromatic nitrogens is 1. The van der Waals surface area contributed by atoms with Gasteiger partial charge >= 0.3 is 5.97 Å². The molecule has 2 heterocycles. The molecule has 16 heavy (non-hydrogen) atoms. The molecule has 0 spiro atoms. The lowest BCUT2D eigenvalue weighted by atomic mass is 10.00. The van der Waals surface area contributed by atoms with Gasteiger partial charge < -0.3 is 9.63 Å². The Labute approximate surface area is 92.2 Å². The topological polar surface area (TPSA) is 97.5 Å². The van der Waals surface area contributed by atoms with Gasteiger partial charge in [0, 0.05) is 12.0 Å². The number of hydrogen-bond acceptors (Lipinski definition) is 5.